The molecule has 2 heterocycles. The maximum absolute atomic E-state index is 13.4. The fourth-order valence-electron chi connectivity index (χ4n) is 5.16. The molecule has 0 saturated heterocycles. The van der Waals surface area contributed by atoms with E-state index in [1.165, 1.54) is 11.1 Å². The molecule has 0 radical (unpaired) electrons. The van der Waals surface area contributed by atoms with Gasteiger partial charge in [-0.2, -0.15) is 0 Å². The molecule has 28 heavy (non-hydrogen) atoms. The third-order valence-corrected chi connectivity index (χ3v) is 6.62. The molecule has 5 rings (SSSR count). The highest BCUT2D eigenvalue weighted by atomic mass is 16.2. The van der Waals surface area contributed by atoms with Crippen LogP contribution in [0.2, 0.25) is 0 Å². The van der Waals surface area contributed by atoms with Crippen molar-refractivity contribution >= 4 is 17.4 Å². The van der Waals surface area contributed by atoms with Gasteiger partial charge in [-0.05, 0) is 30.9 Å². The van der Waals surface area contributed by atoms with Crippen LogP contribution in [0, 0.1) is 12.8 Å². The zero-order valence-electron chi connectivity index (χ0n) is 16.4. The maximum atomic E-state index is 13.4. The minimum Gasteiger partial charge on any atom is -0.376 e. The predicted molar refractivity (Wildman–Crippen MR) is 105 cm³/mol. The number of aryl methyl sites for hydroxylation is 1. The van der Waals surface area contributed by atoms with Crippen LogP contribution < -0.4 is 10.6 Å². The largest absolute Gasteiger partial charge is 0.376 e. The SMILES string of the molecule is CNC(=O)C1Cc2c(nc(C)n2C)C2=C1C(=O)CC1(Cc3ccccc3C1)N2. The molecular weight excluding hydrogens is 352 g/mol. The van der Waals surface area contributed by atoms with Crippen molar-refractivity contribution in [1.29, 1.82) is 0 Å². The molecule has 3 aliphatic rings. The molecule has 0 saturated carbocycles. The fraction of sp³-hybridized carbons (Fsp3) is 0.409. The molecule has 144 valence electrons. The average Bonchev–Trinajstić information content (AvgIpc) is 3.17. The van der Waals surface area contributed by atoms with Crippen LogP contribution in [0.3, 0.4) is 0 Å². The van der Waals surface area contributed by atoms with E-state index < -0.39 is 5.92 Å². The van der Waals surface area contributed by atoms with Crippen molar-refractivity contribution in [2.75, 3.05) is 7.05 Å². The average molecular weight is 376 g/mol. The van der Waals surface area contributed by atoms with Gasteiger partial charge in [0.15, 0.2) is 5.78 Å². The van der Waals surface area contributed by atoms with Crippen molar-refractivity contribution in [3.63, 3.8) is 0 Å². The van der Waals surface area contributed by atoms with Gasteiger partial charge in [-0.1, -0.05) is 24.3 Å². The van der Waals surface area contributed by atoms with E-state index in [1.807, 2.05) is 18.5 Å². The number of nitrogens with one attached hydrogen (secondary N) is 2. The van der Waals surface area contributed by atoms with Crippen LogP contribution in [-0.2, 0) is 35.9 Å². The van der Waals surface area contributed by atoms with E-state index in [9.17, 15) is 9.59 Å². The zero-order valence-corrected chi connectivity index (χ0v) is 16.4. The first-order chi connectivity index (χ1) is 13.4. The van der Waals surface area contributed by atoms with E-state index >= 15 is 0 Å². The number of ketones is 1. The van der Waals surface area contributed by atoms with Crippen molar-refractivity contribution in [2.45, 2.75) is 38.1 Å². The van der Waals surface area contributed by atoms with Gasteiger partial charge in [-0.3, -0.25) is 9.59 Å². The first-order valence-corrected chi connectivity index (χ1v) is 9.79. The summed E-state index contributed by atoms with van der Waals surface area (Å²) >= 11 is 0. The number of benzene rings is 1. The molecule has 1 spiro atoms. The van der Waals surface area contributed by atoms with Gasteiger partial charge >= 0.3 is 0 Å². The van der Waals surface area contributed by atoms with E-state index in [2.05, 4.69) is 34.9 Å². The Hall–Kier alpha value is -2.89. The molecule has 1 aromatic heterocycles. The Balaban J connectivity index is 1.64. The van der Waals surface area contributed by atoms with Gasteiger partial charge in [-0.25, -0.2) is 4.98 Å². The first-order valence-electron chi connectivity index (χ1n) is 9.79. The quantitative estimate of drug-likeness (QED) is 0.790. The van der Waals surface area contributed by atoms with Crippen molar-refractivity contribution in [3.05, 3.63) is 58.2 Å². The standard InChI is InChI=1S/C22H24N4O2/c1-12-24-19-16(26(12)3)8-15(21(28)23-2)18-17(27)11-22(25-20(18)19)9-13-6-4-5-7-14(13)10-22/h4-7,15,25H,8-11H2,1-3H3,(H,23,28). The fourth-order valence-corrected chi connectivity index (χ4v) is 5.16. The number of hydrogen-bond acceptors (Lipinski definition) is 4. The second-order valence-electron chi connectivity index (χ2n) is 8.30. The predicted octanol–water partition coefficient (Wildman–Crippen LogP) is 1.46. The molecular formula is C22H24N4O2. The Morgan fingerprint density at radius 1 is 1.25 bits per heavy atom. The van der Waals surface area contributed by atoms with Crippen LogP contribution in [0.25, 0.3) is 5.70 Å². The summed E-state index contributed by atoms with van der Waals surface area (Å²) in [4.78, 5) is 30.7. The van der Waals surface area contributed by atoms with Crippen LogP contribution in [0.1, 0.15) is 34.8 Å². The van der Waals surface area contributed by atoms with Crippen molar-refractivity contribution in [1.82, 2.24) is 20.2 Å². The maximum Gasteiger partial charge on any atom is 0.227 e. The molecule has 0 fully saturated rings. The zero-order chi connectivity index (χ0) is 19.6. The van der Waals surface area contributed by atoms with Gasteiger partial charge in [0.25, 0.3) is 0 Å². The Labute approximate surface area is 164 Å². The summed E-state index contributed by atoms with van der Waals surface area (Å²) in [7, 11) is 3.60. The van der Waals surface area contributed by atoms with Crippen molar-refractivity contribution < 1.29 is 9.59 Å². The number of hydrogen-bond donors (Lipinski definition) is 2. The van der Waals surface area contributed by atoms with Crippen LogP contribution >= 0.6 is 0 Å². The molecule has 1 amide bonds. The third kappa shape index (κ3) is 2.30. The Kier molecular flexibility index (Phi) is 3.57. The molecule has 6 heteroatoms. The Morgan fingerprint density at radius 3 is 2.57 bits per heavy atom. The van der Waals surface area contributed by atoms with Crippen LogP contribution in [0.4, 0.5) is 0 Å². The number of amides is 1. The van der Waals surface area contributed by atoms with Gasteiger partial charge in [0.2, 0.25) is 5.91 Å². The minimum atomic E-state index is -0.469. The lowest BCUT2D eigenvalue weighted by atomic mass is 9.74. The van der Waals surface area contributed by atoms with Gasteiger partial charge in [0.1, 0.15) is 11.5 Å². The lowest BCUT2D eigenvalue weighted by Crippen LogP contribution is -2.53. The Bertz CT molecular complexity index is 1040. The second-order valence-corrected chi connectivity index (χ2v) is 8.30. The number of imidazole rings is 1. The molecule has 1 aliphatic heterocycles. The molecule has 1 unspecified atom stereocenters. The number of rotatable bonds is 1. The van der Waals surface area contributed by atoms with Crippen molar-refractivity contribution in [3.8, 4) is 0 Å². The van der Waals surface area contributed by atoms with E-state index in [-0.39, 0.29) is 17.2 Å². The number of fused-ring (bicyclic) bond motifs is 3. The molecule has 0 bridgehead atoms. The third-order valence-electron chi connectivity index (χ3n) is 6.62. The molecule has 1 atom stereocenters. The smallest absolute Gasteiger partial charge is 0.227 e. The number of carbonyl (C=O) groups is 2. The lowest BCUT2D eigenvalue weighted by Gasteiger charge is -2.40. The number of carbonyl (C=O) groups excluding carboxylic acids is 2. The highest BCUT2D eigenvalue weighted by Gasteiger charge is 2.48. The lowest BCUT2D eigenvalue weighted by molar-refractivity contribution is -0.126. The Morgan fingerprint density at radius 2 is 1.93 bits per heavy atom. The molecule has 6 nitrogen and oxygen atoms in total. The summed E-state index contributed by atoms with van der Waals surface area (Å²) < 4.78 is 2.03. The number of nitrogens with zero attached hydrogens (tertiary/aromatic N) is 2. The van der Waals surface area contributed by atoms with E-state index in [0.717, 1.165) is 35.8 Å². The van der Waals surface area contributed by atoms with Crippen LogP contribution in [0.5, 0.6) is 0 Å². The van der Waals surface area contributed by atoms with E-state index in [1.54, 1.807) is 7.05 Å². The monoisotopic (exact) mass is 376 g/mol. The minimum absolute atomic E-state index is 0.0733. The van der Waals surface area contributed by atoms with Gasteiger partial charge in [-0.15, -0.1) is 0 Å². The van der Waals surface area contributed by atoms with Gasteiger partial charge < -0.3 is 15.2 Å². The molecule has 1 aromatic carbocycles. The van der Waals surface area contributed by atoms with Crippen LogP contribution in [0.15, 0.2) is 29.8 Å². The van der Waals surface area contributed by atoms with E-state index in [0.29, 0.717) is 18.4 Å². The normalized spacial score (nSPS) is 21.8. The summed E-state index contributed by atoms with van der Waals surface area (Å²) in [6.07, 6.45) is 2.55. The molecule has 2 aromatic rings. The number of Topliss-reactive ketones (excluding diaryl/α,β-unsaturated/α-hetero) is 1. The first kappa shape index (κ1) is 17.2. The van der Waals surface area contributed by atoms with Crippen molar-refractivity contribution in [2.24, 2.45) is 13.0 Å². The van der Waals surface area contributed by atoms with Crippen LogP contribution in [-0.4, -0.2) is 33.8 Å². The summed E-state index contributed by atoms with van der Waals surface area (Å²) in [5.41, 5.74) is 5.48. The number of aromatic nitrogens is 2. The summed E-state index contributed by atoms with van der Waals surface area (Å²) in [5.74, 6) is 0.378. The highest BCUT2D eigenvalue weighted by Crippen LogP contribution is 2.43. The molecule has 2 aliphatic carbocycles. The topological polar surface area (TPSA) is 76.0 Å². The van der Waals surface area contributed by atoms with E-state index in [4.69, 9.17) is 4.98 Å². The highest BCUT2D eigenvalue weighted by molar-refractivity contribution is 6.10. The molecule has 2 N–H and O–H groups in total. The van der Waals surface area contributed by atoms with Gasteiger partial charge in [0.05, 0.1) is 17.2 Å². The summed E-state index contributed by atoms with van der Waals surface area (Å²) in [6.45, 7) is 1.96. The summed E-state index contributed by atoms with van der Waals surface area (Å²) in [5, 5.41) is 6.45. The van der Waals surface area contributed by atoms with Gasteiger partial charge in [0, 0.05) is 38.2 Å². The summed E-state index contributed by atoms with van der Waals surface area (Å²) in [6, 6.07) is 8.39. The second kappa shape index (κ2) is 5.80.